The van der Waals surface area contributed by atoms with Gasteiger partial charge in [-0.05, 0) is 32.1 Å². The van der Waals surface area contributed by atoms with Crippen molar-refractivity contribution in [3.05, 3.63) is 0 Å². The molecule has 0 aliphatic heterocycles. The minimum atomic E-state index is -1.30. The molecule has 378 valence electrons. The molecule has 3 atom stereocenters. The summed E-state index contributed by atoms with van der Waals surface area (Å²) in [6, 6.07) is 0. The summed E-state index contributed by atoms with van der Waals surface area (Å²) in [4.78, 5) is 52.5. The fourth-order valence-corrected chi connectivity index (χ4v) is 7.78. The maximum absolute atomic E-state index is 13.8. The van der Waals surface area contributed by atoms with Crippen LogP contribution < -0.4 is 0 Å². The average Bonchev–Trinajstić information content (AvgIpc) is 3.30. The second-order valence-corrected chi connectivity index (χ2v) is 19.1. The van der Waals surface area contributed by atoms with Gasteiger partial charge in [0.1, 0.15) is 26.4 Å². The topological polar surface area (TPSA) is 155 Å². The molecule has 1 unspecified atom stereocenters. The van der Waals surface area contributed by atoms with Crippen molar-refractivity contribution in [3.63, 3.8) is 0 Å². The Kier molecular flexibility index (Phi) is 41.8. The lowest BCUT2D eigenvalue weighted by Crippen LogP contribution is -2.46. The van der Waals surface area contributed by atoms with Gasteiger partial charge in [-0.15, -0.1) is 0 Å². The maximum Gasteiger partial charge on any atom is 0.308 e. The van der Waals surface area contributed by atoms with Crippen molar-refractivity contribution in [1.82, 2.24) is 0 Å². The van der Waals surface area contributed by atoms with E-state index >= 15 is 0 Å². The van der Waals surface area contributed by atoms with Gasteiger partial charge in [-0.2, -0.15) is 0 Å². The van der Waals surface area contributed by atoms with Crippen molar-refractivity contribution >= 4 is 23.9 Å². The Morgan fingerprint density at radius 2 is 0.625 bits per heavy atom. The van der Waals surface area contributed by atoms with Gasteiger partial charge in [-0.1, -0.05) is 195 Å². The molecule has 2 N–H and O–H groups in total. The summed E-state index contributed by atoms with van der Waals surface area (Å²) in [5, 5.41) is 21.8. The molecule has 0 spiro atoms. The highest BCUT2D eigenvalue weighted by atomic mass is 16.6. The zero-order valence-corrected chi connectivity index (χ0v) is 42.1. The lowest BCUT2D eigenvalue weighted by Gasteiger charge is -2.34. The summed E-state index contributed by atoms with van der Waals surface area (Å²) in [5.41, 5.74) is -2.59. The zero-order chi connectivity index (χ0) is 47.4. The molecule has 0 radical (unpaired) electrons. The number of esters is 4. The molecule has 0 aromatic carbocycles. The number of rotatable bonds is 48. The molecule has 0 fully saturated rings. The van der Waals surface area contributed by atoms with Gasteiger partial charge in [0.05, 0.1) is 43.2 Å². The first-order valence-corrected chi connectivity index (χ1v) is 26.5. The van der Waals surface area contributed by atoms with E-state index in [0.717, 1.165) is 122 Å². The Hall–Kier alpha value is -2.24. The summed E-state index contributed by atoms with van der Waals surface area (Å²) >= 11 is 0. The molecule has 0 heterocycles. The smallest absolute Gasteiger partial charge is 0.308 e. The van der Waals surface area contributed by atoms with E-state index in [4.69, 9.17) is 23.7 Å². The van der Waals surface area contributed by atoms with Crippen molar-refractivity contribution in [3.8, 4) is 0 Å². The minimum absolute atomic E-state index is 0.196. The van der Waals surface area contributed by atoms with E-state index in [9.17, 15) is 29.4 Å². The molecule has 0 bridgehead atoms. The lowest BCUT2D eigenvalue weighted by molar-refractivity contribution is -0.169. The van der Waals surface area contributed by atoms with Crippen LogP contribution in [0.5, 0.6) is 0 Å². The lowest BCUT2D eigenvalue weighted by atomic mass is 9.90. The number of unbranched alkanes of at least 4 members (excludes halogenated alkanes) is 23. The van der Waals surface area contributed by atoms with E-state index < -0.39 is 42.0 Å². The van der Waals surface area contributed by atoms with Gasteiger partial charge in [0.15, 0.2) is 0 Å². The number of carbonyl (C=O) groups is 4. The first kappa shape index (κ1) is 61.8. The number of aliphatic hydroxyl groups is 2. The van der Waals surface area contributed by atoms with Crippen LogP contribution in [0.2, 0.25) is 0 Å². The van der Waals surface area contributed by atoms with Crippen LogP contribution in [0.15, 0.2) is 0 Å². The van der Waals surface area contributed by atoms with E-state index in [1.54, 1.807) is 0 Å². The highest BCUT2D eigenvalue weighted by molar-refractivity contribution is 5.72. The Balaban J connectivity index is 6.06. The molecule has 0 amide bonds. The van der Waals surface area contributed by atoms with Crippen LogP contribution in [0, 0.1) is 16.7 Å². The Bertz CT molecular complexity index is 1120. The Labute approximate surface area is 392 Å². The number of carbonyl (C=O) groups excluding carboxylic acids is 4. The van der Waals surface area contributed by atoms with Crippen LogP contribution in [0.3, 0.4) is 0 Å². The van der Waals surface area contributed by atoms with Gasteiger partial charge in [0, 0.05) is 19.3 Å². The predicted octanol–water partition coefficient (Wildman–Crippen LogP) is 12.7. The number of hydrogen-bond donors (Lipinski definition) is 2. The van der Waals surface area contributed by atoms with Crippen LogP contribution in [0.4, 0.5) is 0 Å². The van der Waals surface area contributed by atoms with Gasteiger partial charge >= 0.3 is 23.9 Å². The summed E-state index contributed by atoms with van der Waals surface area (Å²) in [6.07, 6.45) is 31.7. The molecule has 0 aromatic heterocycles. The molecule has 0 aromatic rings. The third-order valence-corrected chi connectivity index (χ3v) is 12.5. The molecule has 0 saturated heterocycles. The summed E-state index contributed by atoms with van der Waals surface area (Å²) in [5.74, 6) is -1.78. The highest BCUT2D eigenvalue weighted by Crippen LogP contribution is 2.27. The summed E-state index contributed by atoms with van der Waals surface area (Å²) < 4.78 is 29.4. The van der Waals surface area contributed by atoms with Crippen molar-refractivity contribution in [1.29, 1.82) is 0 Å². The monoisotopic (exact) mass is 913 g/mol. The number of ether oxygens (including phenoxy) is 5. The van der Waals surface area contributed by atoms with E-state index in [0.29, 0.717) is 19.3 Å². The quantitative estimate of drug-likeness (QED) is 0.0340. The van der Waals surface area contributed by atoms with Gasteiger partial charge in [0.25, 0.3) is 0 Å². The van der Waals surface area contributed by atoms with Crippen LogP contribution in [-0.4, -0.2) is 86.9 Å². The van der Waals surface area contributed by atoms with Crippen molar-refractivity contribution in [2.45, 2.75) is 247 Å². The van der Waals surface area contributed by atoms with Crippen molar-refractivity contribution < 1.29 is 53.1 Å². The van der Waals surface area contributed by atoms with E-state index in [2.05, 4.69) is 34.6 Å². The highest BCUT2D eigenvalue weighted by Gasteiger charge is 2.39. The molecule has 64 heavy (non-hydrogen) atoms. The summed E-state index contributed by atoms with van der Waals surface area (Å²) in [7, 11) is 0. The molecule has 11 heteroatoms. The second-order valence-electron chi connectivity index (χ2n) is 19.1. The predicted molar refractivity (Wildman–Crippen MR) is 258 cm³/mol. The normalized spacial score (nSPS) is 13.8. The van der Waals surface area contributed by atoms with Crippen LogP contribution in [0.1, 0.15) is 247 Å². The van der Waals surface area contributed by atoms with Crippen LogP contribution >= 0.6 is 0 Å². The Morgan fingerprint density at radius 3 is 0.953 bits per heavy atom. The van der Waals surface area contributed by atoms with Crippen LogP contribution in [-0.2, 0) is 42.9 Å². The fourth-order valence-electron chi connectivity index (χ4n) is 7.78. The standard InChI is InChI=1S/C53H100O11/c1-6-11-16-21-24-25-28-33-38-49(57)62-44-52(39-54,43-61-48(56)36-31-20-15-10-5)41-60-42-53(40-55,45-63-50(58)37-32-27-23-18-13-8-3)46-64-51(59)47(34-29-19-14-9-4)35-30-26-22-17-12-7-2/h47,54-55H,6-46H2,1-5H3/t47-,52?,53-/m1/s1. The molecular weight excluding hydrogens is 813 g/mol. The van der Waals surface area contributed by atoms with Gasteiger partial charge in [-0.3, -0.25) is 19.2 Å². The second kappa shape index (κ2) is 43.3. The first-order chi connectivity index (χ1) is 31.1. The van der Waals surface area contributed by atoms with Crippen molar-refractivity contribution in [2.75, 3.05) is 52.9 Å². The molecule has 0 saturated carbocycles. The minimum Gasteiger partial charge on any atom is -0.465 e. The maximum atomic E-state index is 13.8. The van der Waals surface area contributed by atoms with Crippen LogP contribution in [0.25, 0.3) is 0 Å². The van der Waals surface area contributed by atoms with E-state index in [-0.39, 0.29) is 70.8 Å². The van der Waals surface area contributed by atoms with E-state index in [1.807, 2.05) is 0 Å². The first-order valence-electron chi connectivity index (χ1n) is 26.5. The van der Waals surface area contributed by atoms with Crippen molar-refractivity contribution in [2.24, 2.45) is 16.7 Å². The number of hydrogen-bond acceptors (Lipinski definition) is 11. The van der Waals surface area contributed by atoms with Gasteiger partial charge < -0.3 is 33.9 Å². The molecule has 11 nitrogen and oxygen atoms in total. The average molecular weight is 913 g/mol. The zero-order valence-electron chi connectivity index (χ0n) is 42.1. The third-order valence-electron chi connectivity index (χ3n) is 12.5. The third kappa shape index (κ3) is 34.1. The van der Waals surface area contributed by atoms with E-state index in [1.165, 1.54) is 51.4 Å². The molecule has 0 rings (SSSR count). The summed E-state index contributed by atoms with van der Waals surface area (Å²) in [6.45, 7) is 8.46. The molecular formula is C53H100O11. The Morgan fingerprint density at radius 1 is 0.359 bits per heavy atom. The van der Waals surface area contributed by atoms with Gasteiger partial charge in [0.2, 0.25) is 0 Å². The SMILES string of the molecule is CCCCCCCCCCC(=O)OCC(CO)(COC[C@](CO)(COC(=O)CCCCCCCC)COC(=O)[C@H](CCCCCC)CCCCCCCC)COC(=O)CCCCCC. The largest absolute Gasteiger partial charge is 0.465 e. The van der Waals surface area contributed by atoms with Gasteiger partial charge in [-0.25, -0.2) is 0 Å². The number of aliphatic hydroxyl groups excluding tert-OH is 2. The fraction of sp³-hybridized carbons (Fsp3) is 0.925. The molecule has 0 aliphatic carbocycles. The molecule has 0 aliphatic rings.